The van der Waals surface area contributed by atoms with Crippen LogP contribution in [0.4, 0.5) is 0 Å². The van der Waals surface area contributed by atoms with E-state index < -0.39 is 0 Å². The van der Waals surface area contributed by atoms with Crippen LogP contribution in [0.5, 0.6) is 0 Å². The Bertz CT molecular complexity index is 754. The lowest BCUT2D eigenvalue weighted by molar-refractivity contribution is 0.666. The highest BCUT2D eigenvalue weighted by Gasteiger charge is 2.02. The summed E-state index contributed by atoms with van der Waals surface area (Å²) < 4.78 is 0. The fraction of sp³-hybridized carbons (Fsp3) is 0.407. The van der Waals surface area contributed by atoms with Crippen LogP contribution < -0.4 is 0 Å². The normalized spacial score (nSPS) is 11.9. The van der Waals surface area contributed by atoms with Gasteiger partial charge in [-0.3, -0.25) is 0 Å². The number of unbranched alkanes of at least 4 members (excludes halogenated alkanes) is 3. The molecule has 0 radical (unpaired) electrons. The van der Waals surface area contributed by atoms with Crippen molar-refractivity contribution in [2.75, 3.05) is 0 Å². The van der Waals surface area contributed by atoms with Gasteiger partial charge in [-0.25, -0.2) is 0 Å². The van der Waals surface area contributed by atoms with E-state index in [1.807, 2.05) is 18.3 Å². The Kier molecular flexibility index (Phi) is 12.2. The zero-order valence-electron chi connectivity index (χ0n) is 18.7. The van der Waals surface area contributed by atoms with Crippen LogP contribution in [0, 0.1) is 6.92 Å². The topological polar surface area (TPSA) is 0 Å². The van der Waals surface area contributed by atoms with Crippen molar-refractivity contribution in [1.82, 2.24) is 0 Å². The third-order valence-corrected chi connectivity index (χ3v) is 5.89. The first-order valence-electron chi connectivity index (χ1n) is 10.6. The first-order chi connectivity index (χ1) is 13.5. The summed E-state index contributed by atoms with van der Waals surface area (Å²) in [5.74, 6) is 0. The summed E-state index contributed by atoms with van der Waals surface area (Å²) in [5, 5.41) is 0. The molecule has 0 aliphatic heterocycles. The van der Waals surface area contributed by atoms with Gasteiger partial charge in [0.15, 0.2) is 0 Å². The molecular formula is C27H38S. The fourth-order valence-electron chi connectivity index (χ4n) is 3.00. The number of allylic oxidation sites excluding steroid dienone is 4. The summed E-state index contributed by atoms with van der Waals surface area (Å²) in [6.07, 6.45) is 17.3. The molecule has 1 heteroatoms. The van der Waals surface area contributed by atoms with Crippen LogP contribution in [0.1, 0.15) is 86.7 Å². The molecule has 0 atom stereocenters. The average Bonchev–Trinajstić information content (AvgIpc) is 3.05. The first-order valence-corrected chi connectivity index (χ1v) is 11.4. The quantitative estimate of drug-likeness (QED) is 0.391. The van der Waals surface area contributed by atoms with Crippen LogP contribution in [0.3, 0.4) is 0 Å². The molecule has 0 unspecified atom stereocenters. The van der Waals surface area contributed by atoms with Crippen LogP contribution in [0.15, 0.2) is 48.6 Å². The smallest absolute Gasteiger partial charge is 0.0272 e. The lowest BCUT2D eigenvalue weighted by Crippen LogP contribution is -1.84. The predicted molar refractivity (Wildman–Crippen MR) is 132 cm³/mol. The molecule has 0 N–H and O–H groups in total. The summed E-state index contributed by atoms with van der Waals surface area (Å²) in [4.78, 5) is 2.90. The molecule has 2 aromatic rings. The second kappa shape index (κ2) is 14.2. The molecule has 0 saturated carbocycles. The highest BCUT2D eigenvalue weighted by atomic mass is 32.1. The van der Waals surface area contributed by atoms with E-state index in [1.165, 1.54) is 58.6 Å². The van der Waals surface area contributed by atoms with Crippen LogP contribution in [-0.4, -0.2) is 0 Å². The van der Waals surface area contributed by atoms with Gasteiger partial charge in [0.25, 0.3) is 0 Å². The highest BCUT2D eigenvalue weighted by molar-refractivity contribution is 7.13. The lowest BCUT2D eigenvalue weighted by atomic mass is 10.1. The molecule has 0 amide bonds. The first kappa shape index (κ1) is 24.2. The van der Waals surface area contributed by atoms with Crippen LogP contribution in [0.25, 0.3) is 17.7 Å². The third kappa shape index (κ3) is 8.89. The van der Waals surface area contributed by atoms with E-state index in [0.717, 1.165) is 0 Å². The SMILES string of the molecule is C/C=C/c1cc(CCCCCC)c(C)s1.C/C=C/c1ccc(/C(C)=C/C)cc1. The summed E-state index contributed by atoms with van der Waals surface area (Å²) in [6.45, 7) is 12.8. The number of rotatable bonds is 8. The van der Waals surface area contributed by atoms with Gasteiger partial charge < -0.3 is 0 Å². The maximum Gasteiger partial charge on any atom is 0.0272 e. The van der Waals surface area contributed by atoms with Crippen molar-refractivity contribution < 1.29 is 0 Å². The number of benzene rings is 1. The molecule has 2 rings (SSSR count). The van der Waals surface area contributed by atoms with Crippen molar-refractivity contribution in [1.29, 1.82) is 0 Å². The second-order valence-electron chi connectivity index (χ2n) is 7.13. The van der Waals surface area contributed by atoms with Gasteiger partial charge in [-0.15, -0.1) is 11.3 Å². The van der Waals surface area contributed by atoms with E-state index >= 15 is 0 Å². The van der Waals surface area contributed by atoms with E-state index in [9.17, 15) is 0 Å². The Morgan fingerprint density at radius 3 is 2.18 bits per heavy atom. The van der Waals surface area contributed by atoms with Crippen molar-refractivity contribution in [3.05, 3.63) is 75.0 Å². The number of aryl methyl sites for hydroxylation is 2. The molecule has 28 heavy (non-hydrogen) atoms. The van der Waals surface area contributed by atoms with Crippen molar-refractivity contribution in [2.45, 2.75) is 73.6 Å². The van der Waals surface area contributed by atoms with Gasteiger partial charge in [-0.2, -0.15) is 0 Å². The Balaban J connectivity index is 0.000000283. The van der Waals surface area contributed by atoms with E-state index in [-0.39, 0.29) is 0 Å². The highest BCUT2D eigenvalue weighted by Crippen LogP contribution is 2.24. The van der Waals surface area contributed by atoms with Gasteiger partial charge in [0.05, 0.1) is 0 Å². The second-order valence-corrected chi connectivity index (χ2v) is 8.42. The number of thiophene rings is 1. The largest absolute Gasteiger partial charge is 0.141 e. The molecule has 152 valence electrons. The predicted octanol–water partition coefficient (Wildman–Crippen LogP) is 9.36. The molecule has 0 nitrogen and oxygen atoms in total. The van der Waals surface area contributed by atoms with Crippen LogP contribution >= 0.6 is 11.3 Å². The summed E-state index contributed by atoms with van der Waals surface area (Å²) >= 11 is 1.92. The molecule has 0 saturated heterocycles. The zero-order valence-corrected chi connectivity index (χ0v) is 19.5. The van der Waals surface area contributed by atoms with E-state index in [1.54, 1.807) is 5.56 Å². The molecule has 1 heterocycles. The minimum absolute atomic E-state index is 1.26. The van der Waals surface area contributed by atoms with E-state index in [2.05, 4.69) is 95.3 Å². The van der Waals surface area contributed by atoms with Crippen molar-refractivity contribution >= 4 is 29.1 Å². The maximum absolute atomic E-state index is 2.35. The molecule has 1 aromatic carbocycles. The van der Waals surface area contributed by atoms with E-state index in [0.29, 0.717) is 0 Å². The molecular weight excluding hydrogens is 356 g/mol. The summed E-state index contributed by atoms with van der Waals surface area (Å²) in [6, 6.07) is 11.0. The number of hydrogen-bond donors (Lipinski definition) is 0. The fourth-order valence-corrected chi connectivity index (χ4v) is 4.05. The van der Waals surface area contributed by atoms with Crippen LogP contribution in [0.2, 0.25) is 0 Å². The Morgan fingerprint density at radius 2 is 1.61 bits per heavy atom. The zero-order chi connectivity index (χ0) is 20.8. The maximum atomic E-state index is 2.35. The molecule has 0 fully saturated rings. The molecule has 1 aromatic heterocycles. The Labute approximate surface area is 177 Å². The lowest BCUT2D eigenvalue weighted by Gasteiger charge is -2.00. The van der Waals surface area contributed by atoms with Crippen molar-refractivity contribution in [2.24, 2.45) is 0 Å². The Hall–Kier alpha value is -1.86. The Morgan fingerprint density at radius 1 is 0.929 bits per heavy atom. The standard InChI is InChI=1S/C14H22S.C13H16/c1-4-6-7-8-10-13-11-14(9-5-2)15-12(13)3;1-4-6-12-7-9-13(10-8-12)11(3)5-2/h5,9,11H,4,6-8,10H2,1-3H3;4-10H,1-3H3/b9-5+;6-4+,11-5+. The summed E-state index contributed by atoms with van der Waals surface area (Å²) in [7, 11) is 0. The van der Waals surface area contributed by atoms with Gasteiger partial charge in [0.2, 0.25) is 0 Å². The minimum Gasteiger partial charge on any atom is -0.141 e. The van der Waals surface area contributed by atoms with Gasteiger partial charge in [0.1, 0.15) is 0 Å². The van der Waals surface area contributed by atoms with Gasteiger partial charge in [-0.05, 0) is 81.9 Å². The molecule has 0 bridgehead atoms. The molecule has 0 aliphatic carbocycles. The third-order valence-electron chi connectivity index (χ3n) is 4.83. The monoisotopic (exact) mass is 394 g/mol. The summed E-state index contributed by atoms with van der Waals surface area (Å²) in [5.41, 5.74) is 5.45. The average molecular weight is 395 g/mol. The number of hydrogen-bond acceptors (Lipinski definition) is 1. The minimum atomic E-state index is 1.26. The van der Waals surface area contributed by atoms with Crippen molar-refractivity contribution in [3.8, 4) is 0 Å². The van der Waals surface area contributed by atoms with Crippen LogP contribution in [-0.2, 0) is 6.42 Å². The molecule has 0 spiro atoms. The van der Waals surface area contributed by atoms with Gasteiger partial charge in [-0.1, -0.05) is 74.8 Å². The van der Waals surface area contributed by atoms with Crippen molar-refractivity contribution in [3.63, 3.8) is 0 Å². The van der Waals surface area contributed by atoms with E-state index in [4.69, 9.17) is 0 Å². The van der Waals surface area contributed by atoms with Gasteiger partial charge in [0, 0.05) is 9.75 Å². The van der Waals surface area contributed by atoms with Gasteiger partial charge >= 0.3 is 0 Å². The molecule has 0 aliphatic rings.